The molecule has 102 valence electrons. The largest absolute Gasteiger partial charge is 0.347 e. The zero-order valence-electron chi connectivity index (χ0n) is 12.2. The smallest absolute Gasteiger partial charge is 0.130 e. The second-order valence-electron chi connectivity index (χ2n) is 5.61. The van der Waals surface area contributed by atoms with E-state index < -0.39 is 0 Å². The Morgan fingerprint density at radius 3 is 2.39 bits per heavy atom. The van der Waals surface area contributed by atoms with Gasteiger partial charge in [0, 0.05) is 24.1 Å². The number of aromatic amines is 1. The molecular formula is C14H25N3S. The zero-order chi connectivity index (χ0) is 13.8. The van der Waals surface area contributed by atoms with Crippen LogP contribution in [0.3, 0.4) is 0 Å². The SMILES string of the molecule is CCN(CC)CCc1nc(=S)cc(C(C)(C)C)[nH]1. The molecule has 0 saturated heterocycles. The van der Waals surface area contributed by atoms with Gasteiger partial charge in [0.25, 0.3) is 0 Å². The van der Waals surface area contributed by atoms with Gasteiger partial charge in [0.2, 0.25) is 0 Å². The molecule has 3 nitrogen and oxygen atoms in total. The van der Waals surface area contributed by atoms with Gasteiger partial charge in [-0.25, -0.2) is 4.98 Å². The first-order chi connectivity index (χ1) is 8.36. The fourth-order valence-corrected chi connectivity index (χ4v) is 2.06. The maximum Gasteiger partial charge on any atom is 0.130 e. The molecule has 4 heteroatoms. The van der Waals surface area contributed by atoms with Gasteiger partial charge < -0.3 is 9.88 Å². The van der Waals surface area contributed by atoms with Gasteiger partial charge in [-0.3, -0.25) is 0 Å². The van der Waals surface area contributed by atoms with E-state index in [0.29, 0.717) is 4.64 Å². The molecule has 1 aromatic heterocycles. The van der Waals surface area contributed by atoms with E-state index in [0.717, 1.165) is 37.6 Å². The van der Waals surface area contributed by atoms with Crippen molar-refractivity contribution < 1.29 is 0 Å². The van der Waals surface area contributed by atoms with Crippen molar-refractivity contribution in [3.05, 3.63) is 22.2 Å². The lowest BCUT2D eigenvalue weighted by Gasteiger charge is -2.21. The Balaban J connectivity index is 2.84. The Kier molecular flexibility index (Phi) is 5.47. The Morgan fingerprint density at radius 1 is 1.28 bits per heavy atom. The predicted molar refractivity (Wildman–Crippen MR) is 79.6 cm³/mol. The zero-order valence-corrected chi connectivity index (χ0v) is 13.0. The van der Waals surface area contributed by atoms with Crippen molar-refractivity contribution in [2.45, 2.75) is 46.5 Å². The molecule has 1 rings (SSSR count). The topological polar surface area (TPSA) is 31.9 Å². The number of aromatic nitrogens is 2. The number of likely N-dealkylation sites (N-methyl/N-ethyl adjacent to an activating group) is 1. The molecule has 0 bridgehead atoms. The first-order valence-corrected chi connectivity index (χ1v) is 7.10. The van der Waals surface area contributed by atoms with E-state index in [1.165, 1.54) is 0 Å². The third-order valence-corrected chi connectivity index (χ3v) is 3.37. The first-order valence-electron chi connectivity index (χ1n) is 6.70. The Morgan fingerprint density at radius 2 is 1.89 bits per heavy atom. The summed E-state index contributed by atoms with van der Waals surface area (Å²) in [7, 11) is 0. The maximum absolute atomic E-state index is 5.25. The van der Waals surface area contributed by atoms with Crippen molar-refractivity contribution >= 4 is 12.2 Å². The normalized spacial score (nSPS) is 12.1. The van der Waals surface area contributed by atoms with E-state index in [1.54, 1.807) is 0 Å². The fraction of sp³-hybridized carbons (Fsp3) is 0.714. The van der Waals surface area contributed by atoms with Gasteiger partial charge in [0.1, 0.15) is 10.5 Å². The van der Waals surface area contributed by atoms with Crippen LogP contribution in [-0.2, 0) is 11.8 Å². The van der Waals surface area contributed by atoms with Gasteiger partial charge in [0.05, 0.1) is 0 Å². The average molecular weight is 267 g/mol. The van der Waals surface area contributed by atoms with Gasteiger partial charge in [0.15, 0.2) is 0 Å². The highest BCUT2D eigenvalue weighted by molar-refractivity contribution is 7.71. The fourth-order valence-electron chi connectivity index (χ4n) is 1.83. The van der Waals surface area contributed by atoms with E-state index in [9.17, 15) is 0 Å². The van der Waals surface area contributed by atoms with Gasteiger partial charge in [-0.1, -0.05) is 46.8 Å². The molecule has 0 aliphatic carbocycles. The number of nitrogens with one attached hydrogen (secondary N) is 1. The van der Waals surface area contributed by atoms with Crippen LogP contribution in [0.1, 0.15) is 46.1 Å². The number of nitrogens with zero attached hydrogens (tertiary/aromatic N) is 2. The number of hydrogen-bond acceptors (Lipinski definition) is 3. The second kappa shape index (κ2) is 6.43. The van der Waals surface area contributed by atoms with Crippen LogP contribution in [0.5, 0.6) is 0 Å². The lowest BCUT2D eigenvalue weighted by molar-refractivity contribution is 0.305. The van der Waals surface area contributed by atoms with Gasteiger partial charge in [-0.05, 0) is 19.2 Å². The van der Waals surface area contributed by atoms with E-state index in [4.69, 9.17) is 12.2 Å². The van der Waals surface area contributed by atoms with Crippen LogP contribution in [-0.4, -0.2) is 34.5 Å². The Labute approximate surface area is 116 Å². The minimum Gasteiger partial charge on any atom is -0.347 e. The first kappa shape index (κ1) is 15.3. The van der Waals surface area contributed by atoms with Crippen LogP contribution in [0.2, 0.25) is 0 Å². The summed E-state index contributed by atoms with van der Waals surface area (Å²) in [6.07, 6.45) is 0.926. The monoisotopic (exact) mass is 267 g/mol. The molecule has 0 aliphatic rings. The highest BCUT2D eigenvalue weighted by atomic mass is 32.1. The van der Waals surface area contributed by atoms with Crippen LogP contribution >= 0.6 is 12.2 Å². The standard InChI is InChI=1S/C14H25N3S/c1-6-17(7-2)9-8-12-15-11(14(3,4)5)10-13(18)16-12/h10H,6-9H2,1-5H3,(H,15,16,18). The van der Waals surface area contributed by atoms with Crippen LogP contribution in [0.4, 0.5) is 0 Å². The van der Waals surface area contributed by atoms with Crippen molar-refractivity contribution in [1.29, 1.82) is 0 Å². The maximum atomic E-state index is 5.25. The molecule has 18 heavy (non-hydrogen) atoms. The molecule has 0 atom stereocenters. The van der Waals surface area contributed by atoms with Crippen molar-refractivity contribution in [2.24, 2.45) is 0 Å². The molecule has 0 radical (unpaired) electrons. The molecule has 0 saturated carbocycles. The second-order valence-corrected chi connectivity index (χ2v) is 6.02. The molecule has 0 amide bonds. The predicted octanol–water partition coefficient (Wildman–Crippen LogP) is 3.32. The average Bonchev–Trinajstić information content (AvgIpc) is 2.28. The van der Waals surface area contributed by atoms with Crippen molar-refractivity contribution in [1.82, 2.24) is 14.9 Å². The number of rotatable bonds is 5. The highest BCUT2D eigenvalue weighted by Gasteiger charge is 2.15. The van der Waals surface area contributed by atoms with Crippen LogP contribution in [0.25, 0.3) is 0 Å². The summed E-state index contributed by atoms with van der Waals surface area (Å²) in [6, 6.07) is 1.97. The molecule has 1 N–H and O–H groups in total. The van der Waals surface area contributed by atoms with Gasteiger partial charge in [-0.15, -0.1) is 0 Å². The molecule has 0 spiro atoms. The summed E-state index contributed by atoms with van der Waals surface area (Å²) in [6.45, 7) is 14.1. The number of hydrogen-bond donors (Lipinski definition) is 1. The van der Waals surface area contributed by atoms with Crippen molar-refractivity contribution in [3.8, 4) is 0 Å². The Hall–Kier alpha value is -0.740. The summed E-state index contributed by atoms with van der Waals surface area (Å²) in [4.78, 5) is 10.2. The van der Waals surface area contributed by atoms with E-state index >= 15 is 0 Å². The van der Waals surface area contributed by atoms with E-state index in [2.05, 4.69) is 49.5 Å². The molecule has 0 unspecified atom stereocenters. The van der Waals surface area contributed by atoms with E-state index in [1.807, 2.05) is 6.07 Å². The highest BCUT2D eigenvalue weighted by Crippen LogP contribution is 2.19. The lowest BCUT2D eigenvalue weighted by atomic mass is 9.92. The summed E-state index contributed by atoms with van der Waals surface area (Å²) >= 11 is 5.25. The summed E-state index contributed by atoms with van der Waals surface area (Å²) in [5.74, 6) is 0.999. The lowest BCUT2D eigenvalue weighted by Crippen LogP contribution is -2.26. The van der Waals surface area contributed by atoms with E-state index in [-0.39, 0.29) is 5.41 Å². The molecule has 0 aromatic carbocycles. The Bertz CT molecular complexity index is 427. The molecule has 0 aliphatic heterocycles. The van der Waals surface area contributed by atoms with Gasteiger partial charge in [-0.2, -0.15) is 0 Å². The minimum atomic E-state index is 0.0838. The third kappa shape index (κ3) is 4.50. The summed E-state index contributed by atoms with van der Waals surface area (Å²) in [5.41, 5.74) is 1.25. The minimum absolute atomic E-state index is 0.0838. The molecular weight excluding hydrogens is 242 g/mol. The molecule has 1 aromatic rings. The third-order valence-electron chi connectivity index (χ3n) is 3.16. The van der Waals surface area contributed by atoms with Crippen LogP contribution in [0.15, 0.2) is 6.07 Å². The summed E-state index contributed by atoms with van der Waals surface area (Å²) < 4.78 is 0.688. The molecule has 1 heterocycles. The van der Waals surface area contributed by atoms with Crippen LogP contribution in [0, 0.1) is 4.64 Å². The van der Waals surface area contributed by atoms with Crippen molar-refractivity contribution in [2.75, 3.05) is 19.6 Å². The summed E-state index contributed by atoms with van der Waals surface area (Å²) in [5, 5.41) is 0. The quantitative estimate of drug-likeness (QED) is 0.831. The number of H-pyrrole nitrogens is 1. The van der Waals surface area contributed by atoms with Crippen LogP contribution < -0.4 is 0 Å². The van der Waals surface area contributed by atoms with Crippen molar-refractivity contribution in [3.63, 3.8) is 0 Å². The molecule has 0 fully saturated rings. The van der Waals surface area contributed by atoms with Gasteiger partial charge >= 0.3 is 0 Å².